The Balaban J connectivity index is 1.64. The van der Waals surface area contributed by atoms with Crippen LogP contribution in [0.3, 0.4) is 0 Å². The van der Waals surface area contributed by atoms with Gasteiger partial charge < -0.3 is 25.8 Å². The number of hydrogen-bond donors (Lipinski definition) is 3. The van der Waals surface area contributed by atoms with Gasteiger partial charge in [0.15, 0.2) is 11.6 Å². The second kappa shape index (κ2) is 14.7. The van der Waals surface area contributed by atoms with Gasteiger partial charge in [-0.05, 0) is 31.9 Å². The molecule has 2 heterocycles. The first kappa shape index (κ1) is 33.7. The molecule has 2 saturated heterocycles. The summed E-state index contributed by atoms with van der Waals surface area (Å²) in [6.45, 7) is 4.35. The molecule has 12 heteroatoms. The Morgan fingerprint density at radius 1 is 0.795 bits per heavy atom. The molecule has 0 saturated carbocycles. The highest BCUT2D eigenvalue weighted by molar-refractivity contribution is 7.98. The van der Waals surface area contributed by atoms with Crippen LogP contribution in [-0.4, -0.2) is 77.3 Å². The summed E-state index contributed by atoms with van der Waals surface area (Å²) in [5.41, 5.74) is 4.45. The Bertz CT molecular complexity index is 1360. The maximum atomic E-state index is 14.1. The number of primary amides is 1. The predicted molar refractivity (Wildman–Crippen MR) is 170 cm³/mol. The lowest BCUT2D eigenvalue weighted by Crippen LogP contribution is -2.67. The minimum absolute atomic E-state index is 0.122. The van der Waals surface area contributed by atoms with E-state index in [1.807, 2.05) is 60.7 Å². The second-order valence-corrected chi connectivity index (χ2v) is 13.4. The Hall–Kier alpha value is -3.19. The summed E-state index contributed by atoms with van der Waals surface area (Å²) in [5.74, 6) is -3.42. The van der Waals surface area contributed by atoms with E-state index in [0.717, 1.165) is 11.1 Å². The molecule has 0 bridgehead atoms. The van der Waals surface area contributed by atoms with E-state index >= 15 is 0 Å². The lowest BCUT2D eigenvalue weighted by Gasteiger charge is -2.34. The van der Waals surface area contributed by atoms with Gasteiger partial charge in [0.25, 0.3) is 5.91 Å². The molecule has 4 rings (SSSR count). The third-order valence-electron chi connectivity index (χ3n) is 8.44. The van der Waals surface area contributed by atoms with Crippen LogP contribution in [0.4, 0.5) is 0 Å². The first-order chi connectivity index (χ1) is 21.0. The average molecular weight is 642 g/mol. The Kier molecular flexibility index (Phi) is 11.3. The average Bonchev–Trinajstić information content (AvgIpc) is 3.44. The summed E-state index contributed by atoms with van der Waals surface area (Å²) in [6, 6.07) is 19.4. The summed E-state index contributed by atoms with van der Waals surface area (Å²) in [4.78, 5) is 66.6. The van der Waals surface area contributed by atoms with Crippen molar-refractivity contribution in [3.63, 3.8) is 0 Å². The normalized spacial score (nSPS) is 26.2. The molecule has 2 aromatic carbocycles. The molecule has 2 aliphatic rings. The third-order valence-corrected chi connectivity index (χ3v) is 10.7. The molecule has 6 unspecified atom stereocenters. The number of nitrogens with two attached hydrogens (primary N) is 1. The van der Waals surface area contributed by atoms with Crippen LogP contribution in [0.5, 0.6) is 0 Å². The molecule has 3 amide bonds. The summed E-state index contributed by atoms with van der Waals surface area (Å²) in [6.07, 6.45) is -1.55. The van der Waals surface area contributed by atoms with Gasteiger partial charge in [-0.25, -0.2) is 0 Å². The molecule has 2 aromatic rings. The Morgan fingerprint density at radius 2 is 1.25 bits per heavy atom. The molecule has 6 atom stereocenters. The molecule has 0 spiro atoms. The van der Waals surface area contributed by atoms with Crippen LogP contribution in [0, 0.1) is 11.8 Å². The smallest absolute Gasteiger partial charge is 0.253 e. The number of hydrogen-bond acceptors (Lipinski definition) is 9. The third kappa shape index (κ3) is 7.36. The van der Waals surface area contributed by atoms with Crippen molar-refractivity contribution in [1.29, 1.82) is 0 Å². The van der Waals surface area contributed by atoms with Gasteiger partial charge in [0.2, 0.25) is 17.4 Å². The molecule has 2 fully saturated rings. The quantitative estimate of drug-likeness (QED) is 0.264. The number of amides is 3. The van der Waals surface area contributed by atoms with Crippen LogP contribution in [0.2, 0.25) is 0 Å². The number of nitrogens with one attached hydrogen (secondary N) is 2. The van der Waals surface area contributed by atoms with Gasteiger partial charge in [-0.1, -0.05) is 60.7 Å². The van der Waals surface area contributed by atoms with Crippen molar-refractivity contribution in [2.45, 2.75) is 55.6 Å². The van der Waals surface area contributed by atoms with E-state index in [9.17, 15) is 24.0 Å². The van der Waals surface area contributed by atoms with Crippen molar-refractivity contribution >= 4 is 52.8 Å². The Labute approximate surface area is 265 Å². The zero-order chi connectivity index (χ0) is 31.9. The highest BCUT2D eigenvalue weighted by Crippen LogP contribution is 2.31. The van der Waals surface area contributed by atoms with Gasteiger partial charge in [-0.3, -0.25) is 24.0 Å². The number of Topliss-reactive ketones (excluding diaryl/α,β-unsaturated/α-hetero) is 2. The largest absolute Gasteiger partial charge is 0.368 e. The molecule has 10 nitrogen and oxygen atoms in total. The highest BCUT2D eigenvalue weighted by atomic mass is 32.2. The minimum atomic E-state index is -2.05. The van der Waals surface area contributed by atoms with Gasteiger partial charge >= 0.3 is 0 Å². The van der Waals surface area contributed by atoms with Crippen molar-refractivity contribution < 1.29 is 33.4 Å². The maximum absolute atomic E-state index is 14.1. The fourth-order valence-electron chi connectivity index (χ4n) is 5.29. The predicted octanol–water partition coefficient (Wildman–Crippen LogP) is 2.28. The van der Waals surface area contributed by atoms with Crippen LogP contribution < -0.4 is 16.4 Å². The summed E-state index contributed by atoms with van der Waals surface area (Å²) < 4.78 is 10.9. The molecule has 236 valence electrons. The van der Waals surface area contributed by atoms with E-state index in [4.69, 9.17) is 15.2 Å². The zero-order valence-electron chi connectivity index (χ0n) is 25.1. The van der Waals surface area contributed by atoms with Gasteiger partial charge in [0.05, 0.1) is 24.0 Å². The van der Waals surface area contributed by atoms with Crippen LogP contribution in [0.25, 0.3) is 0 Å². The van der Waals surface area contributed by atoms with Gasteiger partial charge in [-0.2, -0.15) is 23.5 Å². The number of carbonyl (C=O) groups is 5. The van der Waals surface area contributed by atoms with Crippen LogP contribution in [0.15, 0.2) is 60.7 Å². The molecule has 2 aliphatic heterocycles. The SMILES string of the molecule is CC1OCC(=O)C1(C)NC(=O)C(CSCc1ccccc1)C(CSCc1ccccc1)C(=O)NC1(C(N)=O)C(=O)COC1C. The van der Waals surface area contributed by atoms with Gasteiger partial charge in [0.1, 0.15) is 18.8 Å². The molecule has 44 heavy (non-hydrogen) atoms. The monoisotopic (exact) mass is 641 g/mol. The fraction of sp³-hybridized carbons (Fsp3) is 0.469. The van der Waals surface area contributed by atoms with Crippen molar-refractivity contribution in [3.05, 3.63) is 71.8 Å². The minimum Gasteiger partial charge on any atom is -0.368 e. The highest BCUT2D eigenvalue weighted by Gasteiger charge is 2.56. The van der Waals surface area contributed by atoms with Crippen LogP contribution in [-0.2, 0) is 45.0 Å². The van der Waals surface area contributed by atoms with Crippen LogP contribution in [0.1, 0.15) is 31.9 Å². The molecule has 0 radical (unpaired) electrons. The van der Waals surface area contributed by atoms with Crippen molar-refractivity contribution in [3.8, 4) is 0 Å². The van der Waals surface area contributed by atoms with E-state index in [2.05, 4.69) is 10.6 Å². The van der Waals surface area contributed by atoms with E-state index in [1.165, 1.54) is 30.4 Å². The topological polar surface area (TPSA) is 154 Å². The van der Waals surface area contributed by atoms with Crippen molar-refractivity contribution in [2.75, 3.05) is 24.7 Å². The second-order valence-electron chi connectivity index (χ2n) is 11.3. The Morgan fingerprint density at radius 3 is 1.66 bits per heavy atom. The van der Waals surface area contributed by atoms with E-state index in [0.29, 0.717) is 11.5 Å². The molecular formula is C32H39N3O7S2. The van der Waals surface area contributed by atoms with Gasteiger partial charge in [-0.15, -0.1) is 0 Å². The summed E-state index contributed by atoms with van der Waals surface area (Å²) in [7, 11) is 0. The molecular weight excluding hydrogens is 603 g/mol. The number of benzene rings is 2. The lowest BCUT2D eigenvalue weighted by molar-refractivity contribution is -0.142. The first-order valence-electron chi connectivity index (χ1n) is 14.5. The first-order valence-corrected chi connectivity index (χ1v) is 16.8. The molecule has 4 N–H and O–H groups in total. The van der Waals surface area contributed by atoms with Crippen molar-refractivity contribution in [2.24, 2.45) is 17.6 Å². The van der Waals surface area contributed by atoms with E-state index in [-0.39, 0.29) is 30.5 Å². The summed E-state index contributed by atoms with van der Waals surface area (Å²) >= 11 is 2.93. The molecule has 0 aromatic heterocycles. The number of carbonyl (C=O) groups excluding carboxylic acids is 5. The zero-order valence-corrected chi connectivity index (χ0v) is 26.7. The van der Waals surface area contributed by atoms with E-state index < -0.39 is 58.6 Å². The van der Waals surface area contributed by atoms with E-state index in [1.54, 1.807) is 13.8 Å². The number of ketones is 2. The fourth-order valence-corrected chi connectivity index (χ4v) is 7.66. The number of thioether (sulfide) groups is 2. The lowest BCUT2D eigenvalue weighted by atomic mass is 9.86. The number of ether oxygens (including phenoxy) is 2. The van der Waals surface area contributed by atoms with Crippen LogP contribution >= 0.6 is 23.5 Å². The van der Waals surface area contributed by atoms with Gasteiger partial charge in [0, 0.05) is 23.0 Å². The maximum Gasteiger partial charge on any atom is 0.253 e. The van der Waals surface area contributed by atoms with Crippen molar-refractivity contribution in [1.82, 2.24) is 10.6 Å². The molecule has 0 aliphatic carbocycles. The standard InChI is InChI=1S/C32H39N3O7S2/c1-20-31(3,26(36)14-41-20)34-28(38)24(18-43-16-22-10-6-4-7-11-22)25(19-44-17-23-12-8-5-9-13-23)29(39)35-32(30(33)40)21(2)42-15-27(32)37/h4-13,20-21,24-25H,14-19H2,1-3H3,(H2,33,40)(H,34,38)(H,35,39). The number of rotatable bonds is 14. The summed E-state index contributed by atoms with van der Waals surface area (Å²) in [5, 5.41) is 5.51.